The number of hydrogen-bond acceptors (Lipinski definition) is 13. The minimum atomic E-state index is -1.33. The summed E-state index contributed by atoms with van der Waals surface area (Å²) in [5, 5.41) is 6.25. The van der Waals surface area contributed by atoms with Crippen molar-refractivity contribution in [1.29, 1.82) is 0 Å². The maximum Gasteiger partial charge on any atom is 0.340 e. The molecule has 252 valence electrons. The van der Waals surface area contributed by atoms with Gasteiger partial charge in [0.2, 0.25) is 0 Å². The Morgan fingerprint density at radius 3 is 2.02 bits per heavy atom. The topological polar surface area (TPSA) is 167 Å². The van der Waals surface area contributed by atoms with E-state index in [1.165, 1.54) is 54.0 Å². The van der Waals surface area contributed by atoms with Gasteiger partial charge in [-0.3, -0.25) is 15.0 Å². The van der Waals surface area contributed by atoms with E-state index in [4.69, 9.17) is 45.4 Å². The minimum absolute atomic E-state index is 0.134. The van der Waals surface area contributed by atoms with Crippen LogP contribution in [0.25, 0.3) is 21.9 Å². The summed E-state index contributed by atoms with van der Waals surface area (Å²) in [6.45, 7) is 1.35. The van der Waals surface area contributed by atoms with Crippen molar-refractivity contribution < 1.29 is 38.1 Å². The number of halogens is 1. The zero-order valence-electron chi connectivity index (χ0n) is 26.5. The molecule has 0 bridgehead atoms. The second-order valence-electron chi connectivity index (χ2n) is 11.2. The van der Waals surface area contributed by atoms with Crippen LogP contribution < -0.4 is 4.74 Å². The smallest absolute Gasteiger partial charge is 0.340 e. The number of fused-ring (bicyclic) bond motifs is 2. The zero-order valence-corrected chi connectivity index (χ0v) is 27.3. The lowest BCUT2D eigenvalue weighted by molar-refractivity contribution is -0.0655. The number of nitrogens with zero attached hydrogens (tertiary/aromatic N) is 6. The van der Waals surface area contributed by atoms with Crippen molar-refractivity contribution in [1.82, 2.24) is 29.7 Å². The number of aromatic nitrogens is 6. The Balaban J connectivity index is 1.32. The molecule has 14 nitrogen and oxygen atoms in total. The fourth-order valence-electron chi connectivity index (χ4n) is 5.62. The Morgan fingerprint density at radius 1 is 0.840 bits per heavy atom. The molecule has 0 N–H and O–H groups in total. The van der Waals surface area contributed by atoms with Crippen molar-refractivity contribution in [3.05, 3.63) is 119 Å². The van der Waals surface area contributed by atoms with Gasteiger partial charge in [-0.05, 0) is 61.5 Å². The molecule has 0 unspecified atom stereocenters. The molecule has 1 fully saturated rings. The van der Waals surface area contributed by atoms with Gasteiger partial charge in [-0.25, -0.2) is 24.0 Å². The second-order valence-corrected chi connectivity index (χ2v) is 11.5. The highest BCUT2D eigenvalue weighted by molar-refractivity contribution is 6.40. The third-order valence-electron chi connectivity index (χ3n) is 8.03. The van der Waals surface area contributed by atoms with Crippen molar-refractivity contribution in [2.45, 2.75) is 31.5 Å². The van der Waals surface area contributed by atoms with Crippen LogP contribution in [0.1, 0.15) is 43.0 Å². The van der Waals surface area contributed by atoms with Crippen molar-refractivity contribution in [3.8, 4) is 5.75 Å². The zero-order chi connectivity index (χ0) is 34.8. The molecule has 4 atom stereocenters. The molecular weight excluding hydrogens is 668 g/mol. The van der Waals surface area contributed by atoms with Crippen molar-refractivity contribution >= 4 is 51.4 Å². The van der Waals surface area contributed by atoms with Crippen molar-refractivity contribution in [2.75, 3.05) is 13.7 Å². The van der Waals surface area contributed by atoms with E-state index in [-0.39, 0.29) is 16.7 Å². The highest BCUT2D eigenvalue weighted by Gasteiger charge is 2.52. The number of pyridine rings is 4. The number of esters is 3. The number of ether oxygens (including phenoxy) is 5. The summed E-state index contributed by atoms with van der Waals surface area (Å²) in [4.78, 5) is 56.8. The second kappa shape index (κ2) is 13.9. The van der Waals surface area contributed by atoms with Crippen LogP contribution in [-0.4, -0.2) is 79.7 Å². The fourth-order valence-corrected chi connectivity index (χ4v) is 6.00. The Morgan fingerprint density at radius 2 is 1.44 bits per heavy atom. The first kappa shape index (κ1) is 32.6. The molecule has 0 amide bonds. The Kier molecular flexibility index (Phi) is 9.02. The van der Waals surface area contributed by atoms with Crippen LogP contribution >= 0.6 is 11.6 Å². The lowest BCUT2D eigenvalue weighted by Crippen LogP contribution is -2.41. The van der Waals surface area contributed by atoms with E-state index >= 15 is 0 Å². The average Bonchev–Trinajstić information content (AvgIpc) is 3.67. The molecule has 0 saturated carbocycles. The molecule has 0 aliphatic carbocycles. The number of hydrogen-bond donors (Lipinski definition) is 0. The van der Waals surface area contributed by atoms with Crippen LogP contribution in [0.2, 0.25) is 5.02 Å². The minimum Gasteiger partial charge on any atom is -0.497 e. The lowest BCUT2D eigenvalue weighted by Gasteiger charge is -2.24. The number of carbonyl (C=O) groups excluding carboxylic acids is 3. The molecule has 0 radical (unpaired) electrons. The molecule has 0 spiro atoms. The third-order valence-corrected chi connectivity index (χ3v) is 8.42. The van der Waals surface area contributed by atoms with Gasteiger partial charge in [-0.1, -0.05) is 11.6 Å². The molecule has 1 aromatic carbocycles. The molecule has 50 heavy (non-hydrogen) atoms. The molecule has 15 heteroatoms. The van der Waals surface area contributed by atoms with Crippen LogP contribution in [0.3, 0.4) is 0 Å². The van der Waals surface area contributed by atoms with E-state index in [0.717, 1.165) is 0 Å². The van der Waals surface area contributed by atoms with Gasteiger partial charge >= 0.3 is 17.9 Å². The van der Waals surface area contributed by atoms with E-state index in [1.54, 1.807) is 56.5 Å². The Bertz CT molecular complexity index is 2200. The van der Waals surface area contributed by atoms with Gasteiger partial charge in [0.05, 0.1) is 45.4 Å². The van der Waals surface area contributed by atoms with E-state index in [2.05, 4.69) is 15.0 Å². The number of benzene rings is 1. The predicted molar refractivity (Wildman–Crippen MR) is 177 cm³/mol. The van der Waals surface area contributed by atoms with Gasteiger partial charge in [0.15, 0.2) is 24.1 Å². The van der Waals surface area contributed by atoms with Gasteiger partial charge < -0.3 is 23.7 Å². The summed E-state index contributed by atoms with van der Waals surface area (Å²) < 4.78 is 30.9. The number of rotatable bonds is 9. The van der Waals surface area contributed by atoms with Gasteiger partial charge in [0.1, 0.15) is 18.5 Å². The molecule has 6 heterocycles. The maximum absolute atomic E-state index is 13.6. The first-order valence-corrected chi connectivity index (χ1v) is 15.7. The highest BCUT2D eigenvalue weighted by Crippen LogP contribution is 2.40. The summed E-state index contributed by atoms with van der Waals surface area (Å²) in [5.41, 5.74) is 1.81. The predicted octanol–water partition coefficient (Wildman–Crippen LogP) is 4.95. The number of carbonyl (C=O) groups is 3. The van der Waals surface area contributed by atoms with Crippen LogP contribution in [0, 0.1) is 6.92 Å². The summed E-state index contributed by atoms with van der Waals surface area (Å²) in [6.07, 6.45) is 3.54. The van der Waals surface area contributed by atoms with Crippen LogP contribution in [0.15, 0.2) is 91.8 Å². The molecule has 7 rings (SSSR count). The van der Waals surface area contributed by atoms with Crippen LogP contribution in [0.4, 0.5) is 0 Å². The van der Waals surface area contributed by atoms with E-state index < -0.39 is 49.1 Å². The summed E-state index contributed by atoms with van der Waals surface area (Å²) in [6, 6.07) is 14.6. The first-order chi connectivity index (χ1) is 24.3. The molecule has 1 aliphatic heterocycles. The van der Waals surface area contributed by atoms with Crippen molar-refractivity contribution in [2.24, 2.45) is 0 Å². The van der Waals surface area contributed by atoms with Gasteiger partial charge in [-0.2, -0.15) is 5.10 Å². The van der Waals surface area contributed by atoms with Crippen molar-refractivity contribution in [3.63, 3.8) is 0 Å². The van der Waals surface area contributed by atoms with Crippen LogP contribution in [0.5, 0.6) is 5.75 Å². The first-order valence-electron chi connectivity index (χ1n) is 15.3. The summed E-state index contributed by atoms with van der Waals surface area (Å²) >= 11 is 6.95. The molecule has 6 aromatic rings. The normalized spacial score (nSPS) is 18.5. The maximum atomic E-state index is 13.6. The fraction of sp³-hybridized carbons (Fsp3) is 0.200. The van der Waals surface area contributed by atoms with E-state index in [1.807, 2.05) is 0 Å². The molecule has 1 saturated heterocycles. The summed E-state index contributed by atoms with van der Waals surface area (Å²) in [7, 11) is 1.55. The number of methoxy groups -OCH3 is 1. The number of aryl methyl sites for hydroxylation is 1. The average molecular weight is 695 g/mol. The highest BCUT2D eigenvalue weighted by atomic mass is 35.5. The standard InChI is InChI=1S/C35H27ClN6O8/c1-19-27-28(36)24-14-23(46-2)9-10-25(24)40-31(27)42(41-19)32-30(50-35(45)22-8-5-13-39-17-22)29(49-34(44)21-7-4-12-38-16-21)26(48-32)18-47-33(43)20-6-3-11-37-15-20/h3-17,26,29-30,32H,18H2,1-2H3/t26-,29-,30-,32-/m1/s1. The lowest BCUT2D eigenvalue weighted by atomic mass is 10.1. The monoisotopic (exact) mass is 694 g/mol. The van der Waals surface area contributed by atoms with Gasteiger partial charge in [0, 0.05) is 42.6 Å². The molecular formula is C35H27ClN6O8. The molecule has 1 aliphatic rings. The Hall–Kier alpha value is -5.99. The van der Waals surface area contributed by atoms with Gasteiger partial charge in [-0.15, -0.1) is 0 Å². The quantitative estimate of drug-likeness (QED) is 0.148. The van der Waals surface area contributed by atoms with E-state index in [9.17, 15) is 14.4 Å². The van der Waals surface area contributed by atoms with Crippen LogP contribution in [-0.2, 0) is 18.9 Å². The largest absolute Gasteiger partial charge is 0.497 e. The third kappa shape index (κ3) is 6.29. The molecule has 5 aromatic heterocycles. The SMILES string of the molecule is COc1ccc2nc3c(c(C)nn3[C@@H]3O[C@H](COC(=O)c4cccnc4)[C@@H](OC(=O)c4cccnc4)[C@H]3OC(=O)c3cccnc3)c(Cl)c2c1. The Labute approximate surface area is 288 Å². The van der Waals surface area contributed by atoms with Gasteiger partial charge in [0.25, 0.3) is 0 Å². The van der Waals surface area contributed by atoms with E-state index in [0.29, 0.717) is 38.4 Å². The summed E-state index contributed by atoms with van der Waals surface area (Å²) in [5.74, 6) is -1.65.